The number of hydrogen-bond acceptors (Lipinski definition) is 3. The van der Waals surface area contributed by atoms with Gasteiger partial charge in [0.1, 0.15) is 24.7 Å². The molecule has 0 aliphatic heterocycles. The van der Waals surface area contributed by atoms with Crippen LogP contribution < -0.4 is 9.47 Å². The Hall–Kier alpha value is -2.00. The van der Waals surface area contributed by atoms with Gasteiger partial charge in [0, 0.05) is 6.61 Å². The van der Waals surface area contributed by atoms with Crippen LogP contribution in [0.15, 0.2) is 54.6 Å². The molecule has 0 radical (unpaired) electrons. The molecule has 2 rings (SSSR count). The van der Waals surface area contributed by atoms with Crippen molar-refractivity contribution in [1.82, 2.24) is 0 Å². The van der Waals surface area contributed by atoms with Crippen molar-refractivity contribution in [1.29, 1.82) is 0 Å². The maximum absolute atomic E-state index is 8.82. The summed E-state index contributed by atoms with van der Waals surface area (Å²) in [7, 11) is 0. The minimum absolute atomic E-state index is 0.172. The van der Waals surface area contributed by atoms with E-state index in [-0.39, 0.29) is 6.61 Å². The van der Waals surface area contributed by atoms with Gasteiger partial charge in [0.05, 0.1) is 0 Å². The molecule has 100 valence electrons. The summed E-state index contributed by atoms with van der Waals surface area (Å²) in [5.41, 5.74) is 1.11. The molecule has 0 fully saturated rings. The van der Waals surface area contributed by atoms with Crippen LogP contribution in [0.3, 0.4) is 0 Å². The van der Waals surface area contributed by atoms with E-state index >= 15 is 0 Å². The van der Waals surface area contributed by atoms with Crippen molar-refractivity contribution >= 4 is 0 Å². The molecule has 0 saturated carbocycles. The molecule has 0 amide bonds. The molecule has 0 aliphatic rings. The Kier molecular flexibility index (Phi) is 5.26. The van der Waals surface area contributed by atoms with Gasteiger partial charge >= 0.3 is 0 Å². The van der Waals surface area contributed by atoms with Gasteiger partial charge in [-0.1, -0.05) is 30.3 Å². The molecule has 1 N–H and O–H groups in total. The molecule has 0 bridgehead atoms. The number of benzene rings is 2. The van der Waals surface area contributed by atoms with Crippen molar-refractivity contribution < 1.29 is 14.6 Å². The maximum Gasteiger partial charge on any atom is 0.122 e. The van der Waals surface area contributed by atoms with Crippen LogP contribution in [-0.4, -0.2) is 24.9 Å². The SMILES string of the molecule is OCCc1ccc(OCCOc2ccccc2)cc1. The van der Waals surface area contributed by atoms with E-state index < -0.39 is 0 Å². The van der Waals surface area contributed by atoms with E-state index in [2.05, 4.69) is 0 Å². The Morgan fingerprint density at radius 1 is 0.737 bits per heavy atom. The van der Waals surface area contributed by atoms with E-state index in [4.69, 9.17) is 14.6 Å². The van der Waals surface area contributed by atoms with Gasteiger partial charge in [0.15, 0.2) is 0 Å². The standard InChI is InChI=1S/C16H18O3/c17-11-10-14-6-8-16(9-7-14)19-13-12-18-15-4-2-1-3-5-15/h1-9,17H,10-13H2. The van der Waals surface area contributed by atoms with Gasteiger partial charge in [-0.25, -0.2) is 0 Å². The number of para-hydroxylation sites is 1. The molecule has 0 unspecified atom stereocenters. The normalized spacial score (nSPS) is 10.2. The number of ether oxygens (including phenoxy) is 2. The largest absolute Gasteiger partial charge is 0.490 e. The Labute approximate surface area is 113 Å². The summed E-state index contributed by atoms with van der Waals surface area (Å²) < 4.78 is 11.1. The second-order valence-electron chi connectivity index (χ2n) is 4.13. The van der Waals surface area contributed by atoms with Crippen LogP contribution in [0.4, 0.5) is 0 Å². The second-order valence-corrected chi connectivity index (χ2v) is 4.13. The van der Waals surface area contributed by atoms with Gasteiger partial charge in [0.25, 0.3) is 0 Å². The van der Waals surface area contributed by atoms with E-state index in [1.807, 2.05) is 54.6 Å². The van der Waals surface area contributed by atoms with Crippen molar-refractivity contribution in [2.75, 3.05) is 19.8 Å². The quantitative estimate of drug-likeness (QED) is 0.776. The average Bonchev–Trinajstić information content (AvgIpc) is 2.47. The van der Waals surface area contributed by atoms with Crippen molar-refractivity contribution in [3.8, 4) is 11.5 Å². The third-order valence-electron chi connectivity index (χ3n) is 2.69. The molecule has 2 aromatic carbocycles. The minimum Gasteiger partial charge on any atom is -0.490 e. The van der Waals surface area contributed by atoms with E-state index in [1.165, 1.54) is 0 Å². The third-order valence-corrected chi connectivity index (χ3v) is 2.69. The third kappa shape index (κ3) is 4.64. The summed E-state index contributed by atoms with van der Waals surface area (Å²) in [5.74, 6) is 1.67. The molecule has 0 aromatic heterocycles. The molecule has 0 saturated heterocycles. The lowest BCUT2D eigenvalue weighted by Crippen LogP contribution is -2.08. The first-order valence-corrected chi connectivity index (χ1v) is 6.39. The second kappa shape index (κ2) is 7.44. The van der Waals surface area contributed by atoms with Crippen LogP contribution in [0.5, 0.6) is 11.5 Å². The van der Waals surface area contributed by atoms with Gasteiger partial charge in [-0.15, -0.1) is 0 Å². The predicted molar refractivity (Wildman–Crippen MR) is 74.7 cm³/mol. The smallest absolute Gasteiger partial charge is 0.122 e. The van der Waals surface area contributed by atoms with Crippen molar-refractivity contribution in [3.05, 3.63) is 60.2 Å². The zero-order chi connectivity index (χ0) is 13.3. The first kappa shape index (κ1) is 13.4. The molecule has 2 aromatic rings. The van der Waals surface area contributed by atoms with Crippen molar-refractivity contribution in [3.63, 3.8) is 0 Å². The van der Waals surface area contributed by atoms with Gasteiger partial charge in [0.2, 0.25) is 0 Å². The Morgan fingerprint density at radius 3 is 1.89 bits per heavy atom. The van der Waals surface area contributed by atoms with Crippen LogP contribution >= 0.6 is 0 Å². The van der Waals surface area contributed by atoms with E-state index in [0.29, 0.717) is 19.6 Å². The summed E-state index contributed by atoms with van der Waals surface area (Å²) in [4.78, 5) is 0. The lowest BCUT2D eigenvalue weighted by Gasteiger charge is -2.08. The number of aliphatic hydroxyl groups excluding tert-OH is 1. The molecule has 0 heterocycles. The topological polar surface area (TPSA) is 38.7 Å². The summed E-state index contributed by atoms with van der Waals surface area (Å²) in [6.45, 7) is 1.20. The van der Waals surface area contributed by atoms with Gasteiger partial charge in [-0.3, -0.25) is 0 Å². The molecule has 3 heteroatoms. The zero-order valence-electron chi connectivity index (χ0n) is 10.8. The van der Waals surface area contributed by atoms with Crippen LogP contribution in [0.1, 0.15) is 5.56 Å². The lowest BCUT2D eigenvalue weighted by molar-refractivity contribution is 0.217. The summed E-state index contributed by atoms with van der Waals surface area (Å²) in [6.07, 6.45) is 0.678. The summed E-state index contributed by atoms with van der Waals surface area (Å²) in [6, 6.07) is 17.4. The maximum atomic E-state index is 8.82. The van der Waals surface area contributed by atoms with Gasteiger partial charge in [-0.05, 0) is 36.2 Å². The van der Waals surface area contributed by atoms with Crippen LogP contribution in [0.25, 0.3) is 0 Å². The Bertz CT molecular complexity index is 465. The highest BCUT2D eigenvalue weighted by atomic mass is 16.5. The van der Waals surface area contributed by atoms with Gasteiger partial charge < -0.3 is 14.6 Å². The van der Waals surface area contributed by atoms with E-state index in [1.54, 1.807) is 0 Å². The molecule has 19 heavy (non-hydrogen) atoms. The molecule has 3 nitrogen and oxygen atoms in total. The van der Waals surface area contributed by atoms with Crippen LogP contribution in [0.2, 0.25) is 0 Å². The van der Waals surface area contributed by atoms with Gasteiger partial charge in [-0.2, -0.15) is 0 Å². The first-order chi connectivity index (χ1) is 9.38. The molecule has 0 spiro atoms. The number of aliphatic hydroxyl groups is 1. The molecule has 0 atom stereocenters. The minimum atomic E-state index is 0.172. The monoisotopic (exact) mass is 258 g/mol. The highest BCUT2D eigenvalue weighted by molar-refractivity contribution is 5.27. The fourth-order valence-corrected chi connectivity index (χ4v) is 1.72. The van der Waals surface area contributed by atoms with E-state index in [9.17, 15) is 0 Å². The van der Waals surface area contributed by atoms with Crippen molar-refractivity contribution in [2.45, 2.75) is 6.42 Å². The number of hydrogen-bond donors (Lipinski definition) is 1. The molecular weight excluding hydrogens is 240 g/mol. The highest BCUT2D eigenvalue weighted by Crippen LogP contribution is 2.13. The lowest BCUT2D eigenvalue weighted by atomic mass is 10.1. The molecule has 0 aliphatic carbocycles. The summed E-state index contributed by atoms with van der Waals surface area (Å²) in [5, 5.41) is 8.82. The predicted octanol–water partition coefficient (Wildman–Crippen LogP) is 2.68. The molecular formula is C16H18O3. The van der Waals surface area contributed by atoms with E-state index in [0.717, 1.165) is 17.1 Å². The fourth-order valence-electron chi connectivity index (χ4n) is 1.72. The number of rotatable bonds is 7. The average molecular weight is 258 g/mol. The Morgan fingerprint density at radius 2 is 1.32 bits per heavy atom. The Balaban J connectivity index is 1.70. The first-order valence-electron chi connectivity index (χ1n) is 6.39. The van der Waals surface area contributed by atoms with Crippen LogP contribution in [0, 0.1) is 0 Å². The van der Waals surface area contributed by atoms with Crippen LogP contribution in [-0.2, 0) is 6.42 Å². The summed E-state index contributed by atoms with van der Waals surface area (Å²) >= 11 is 0. The van der Waals surface area contributed by atoms with Crippen molar-refractivity contribution in [2.24, 2.45) is 0 Å². The zero-order valence-corrected chi connectivity index (χ0v) is 10.8. The fraction of sp³-hybridized carbons (Fsp3) is 0.250. The highest BCUT2D eigenvalue weighted by Gasteiger charge is 1.96.